The number of fused-ring (bicyclic) bond motifs is 3. The molecule has 0 amide bonds. The van der Waals surface area contributed by atoms with Gasteiger partial charge in [-0.2, -0.15) is 0 Å². The minimum absolute atomic E-state index is 0.442. The molecule has 3 aliphatic rings. The summed E-state index contributed by atoms with van der Waals surface area (Å²) in [5.41, 5.74) is 19.1. The van der Waals surface area contributed by atoms with Gasteiger partial charge >= 0.3 is 0 Å². The molecule has 6 aromatic carbocycles. The summed E-state index contributed by atoms with van der Waals surface area (Å²) in [6.45, 7) is 23.3. The second-order valence-corrected chi connectivity index (χ2v) is 15.6. The number of benzene rings is 6. The number of aromatic nitrogens is 2. The van der Waals surface area contributed by atoms with Gasteiger partial charge in [-0.05, 0) is 134 Å². The fraction of sp³-hybridized carbons (Fsp3) is 0.193. The molecule has 0 aliphatic heterocycles. The van der Waals surface area contributed by atoms with Crippen LogP contribution in [0.15, 0.2) is 193 Å². The Kier molecular flexibility index (Phi) is 13.9. The highest BCUT2D eigenvalue weighted by atomic mass is 14.8. The summed E-state index contributed by atoms with van der Waals surface area (Å²) in [6, 6.07) is 47.2. The molecule has 0 radical (unpaired) electrons. The van der Waals surface area contributed by atoms with E-state index < -0.39 is 0 Å². The van der Waals surface area contributed by atoms with Crippen LogP contribution in [0, 0.1) is 27.7 Å². The van der Waals surface area contributed by atoms with Crippen LogP contribution in [0.1, 0.15) is 91.2 Å². The molecule has 59 heavy (non-hydrogen) atoms. The second-order valence-electron chi connectivity index (χ2n) is 15.6. The van der Waals surface area contributed by atoms with Gasteiger partial charge < -0.3 is 0 Å². The van der Waals surface area contributed by atoms with Crippen molar-refractivity contribution in [3.05, 3.63) is 238 Å². The van der Waals surface area contributed by atoms with Crippen molar-refractivity contribution in [1.82, 2.24) is 9.97 Å². The summed E-state index contributed by atoms with van der Waals surface area (Å²) in [5, 5.41) is 5.47. The maximum absolute atomic E-state index is 4.02. The van der Waals surface area contributed by atoms with Crippen LogP contribution < -0.4 is 0 Å². The number of hydrogen-bond acceptors (Lipinski definition) is 2. The van der Waals surface area contributed by atoms with Crippen LogP contribution in [0.3, 0.4) is 0 Å². The normalized spacial score (nSPS) is 15.7. The van der Waals surface area contributed by atoms with Crippen molar-refractivity contribution in [2.24, 2.45) is 0 Å². The van der Waals surface area contributed by atoms with E-state index in [0.717, 1.165) is 11.4 Å². The molecule has 0 saturated heterocycles. The van der Waals surface area contributed by atoms with E-state index in [2.05, 4.69) is 211 Å². The number of aryl methyl sites for hydroxylation is 4. The first kappa shape index (κ1) is 42.2. The first-order valence-electron chi connectivity index (χ1n) is 20.7. The predicted octanol–water partition coefficient (Wildman–Crippen LogP) is 15.6. The maximum Gasteiger partial charge on any atom is 0.0584 e. The van der Waals surface area contributed by atoms with E-state index in [9.17, 15) is 0 Å². The van der Waals surface area contributed by atoms with Crippen LogP contribution >= 0.6 is 0 Å². The highest BCUT2D eigenvalue weighted by Crippen LogP contribution is 2.55. The Morgan fingerprint density at radius 3 is 1.25 bits per heavy atom. The first-order chi connectivity index (χ1) is 28.5. The summed E-state index contributed by atoms with van der Waals surface area (Å²) >= 11 is 0. The van der Waals surface area contributed by atoms with Crippen molar-refractivity contribution in [1.29, 1.82) is 0 Å². The van der Waals surface area contributed by atoms with E-state index in [0.29, 0.717) is 11.8 Å². The van der Waals surface area contributed by atoms with Crippen molar-refractivity contribution in [2.45, 2.75) is 74.1 Å². The Labute approximate surface area is 353 Å². The van der Waals surface area contributed by atoms with Crippen molar-refractivity contribution >= 4 is 32.7 Å². The van der Waals surface area contributed by atoms with E-state index >= 15 is 0 Å². The molecule has 2 bridgehead atoms. The third-order valence-corrected chi connectivity index (χ3v) is 12.3. The average Bonchev–Trinajstić information content (AvgIpc) is 3.28. The SMILES string of the molecule is C/C(=C(\C)c1ccccc1)c1ccccc1.C=C/C=C\C1=C(C)C2C(C)=C(C)C1c1ccccc12.Cc1c(C)c2ccccc2c2ccccc12.Cc1nccnc1C. The summed E-state index contributed by atoms with van der Waals surface area (Å²) < 4.78 is 0. The van der Waals surface area contributed by atoms with Gasteiger partial charge in [-0.1, -0.05) is 175 Å². The zero-order chi connectivity index (χ0) is 42.1. The van der Waals surface area contributed by atoms with Gasteiger partial charge in [-0.3, -0.25) is 9.97 Å². The standard InChI is InChI=1S/C19H20.C16H14.C16H16.C6H8N2/c1-5-6-9-15-14(4)18-12(2)13(3)19(15)17-11-8-7-10-16(17)18;1-11-12(2)14-8-4-6-10-16(14)15-9-5-3-7-13(11)15;1-13(15-9-5-3-6-10-15)14(2)16-11-7-4-8-12-16;1-5-6(2)8-4-3-7-5/h5-11,18-19H,1H2,2-4H3;3-10H,1-2H3;3-12H,1-2H3;3-4H,1-2H3/b9-6-;;14-13-;. The highest BCUT2D eigenvalue weighted by Gasteiger charge is 2.38. The summed E-state index contributed by atoms with van der Waals surface area (Å²) in [4.78, 5) is 8.03. The number of rotatable bonds is 4. The largest absolute Gasteiger partial charge is 0.258 e. The molecule has 2 nitrogen and oxygen atoms in total. The molecule has 2 unspecified atom stereocenters. The summed E-state index contributed by atoms with van der Waals surface area (Å²) in [6.07, 6.45) is 9.56. The van der Waals surface area contributed by atoms with Crippen LogP contribution in [0.25, 0.3) is 32.7 Å². The van der Waals surface area contributed by atoms with Gasteiger partial charge in [0.05, 0.1) is 11.4 Å². The lowest BCUT2D eigenvalue weighted by molar-refractivity contribution is 0.717. The van der Waals surface area contributed by atoms with Crippen molar-refractivity contribution in [2.75, 3.05) is 0 Å². The van der Waals surface area contributed by atoms with Crippen molar-refractivity contribution in [3.63, 3.8) is 0 Å². The molecule has 0 spiro atoms. The number of allylic oxidation sites excluding steroid dienone is 9. The lowest BCUT2D eigenvalue weighted by atomic mass is 9.62. The molecule has 296 valence electrons. The third-order valence-electron chi connectivity index (χ3n) is 12.3. The topological polar surface area (TPSA) is 25.8 Å². The minimum atomic E-state index is 0.442. The number of hydrogen-bond donors (Lipinski definition) is 0. The fourth-order valence-corrected chi connectivity index (χ4v) is 8.49. The van der Waals surface area contributed by atoms with Gasteiger partial charge in [-0.25, -0.2) is 0 Å². The maximum atomic E-state index is 4.02. The summed E-state index contributed by atoms with van der Waals surface area (Å²) in [5.74, 6) is 0.920. The van der Waals surface area contributed by atoms with Crippen LogP contribution in [-0.4, -0.2) is 9.97 Å². The van der Waals surface area contributed by atoms with Crippen LogP contribution in [0.2, 0.25) is 0 Å². The van der Waals surface area contributed by atoms with Crippen LogP contribution in [-0.2, 0) is 0 Å². The van der Waals surface area contributed by atoms with Crippen LogP contribution in [0.4, 0.5) is 0 Å². The molecule has 1 aromatic heterocycles. The van der Waals surface area contributed by atoms with E-state index in [1.165, 1.54) is 88.4 Å². The van der Waals surface area contributed by atoms with Crippen LogP contribution in [0.5, 0.6) is 0 Å². The molecular weight excluding hydrogens is 713 g/mol. The summed E-state index contributed by atoms with van der Waals surface area (Å²) in [7, 11) is 0. The first-order valence-corrected chi connectivity index (χ1v) is 20.7. The van der Waals surface area contributed by atoms with Gasteiger partial charge in [0.1, 0.15) is 0 Å². The van der Waals surface area contributed by atoms with Gasteiger partial charge in [0.2, 0.25) is 0 Å². The molecule has 7 aromatic rings. The van der Waals surface area contributed by atoms with Gasteiger partial charge in [0.15, 0.2) is 0 Å². The zero-order valence-electron chi connectivity index (χ0n) is 36.3. The monoisotopic (exact) mass is 770 g/mol. The molecule has 2 heteroatoms. The van der Waals surface area contributed by atoms with Gasteiger partial charge in [0, 0.05) is 24.2 Å². The van der Waals surface area contributed by atoms with Crippen molar-refractivity contribution in [3.8, 4) is 0 Å². The smallest absolute Gasteiger partial charge is 0.0584 e. The predicted molar refractivity (Wildman–Crippen MR) is 256 cm³/mol. The Balaban J connectivity index is 0.000000137. The highest BCUT2D eigenvalue weighted by molar-refractivity contribution is 6.10. The fourth-order valence-electron chi connectivity index (χ4n) is 8.49. The molecule has 0 fully saturated rings. The Morgan fingerprint density at radius 2 is 0.831 bits per heavy atom. The van der Waals surface area contributed by atoms with E-state index in [-0.39, 0.29) is 0 Å². The van der Waals surface area contributed by atoms with Gasteiger partial charge in [-0.15, -0.1) is 0 Å². The van der Waals surface area contributed by atoms with Crippen molar-refractivity contribution < 1.29 is 0 Å². The quantitative estimate of drug-likeness (QED) is 0.0771. The Hall–Kier alpha value is -6.38. The zero-order valence-corrected chi connectivity index (χ0v) is 36.3. The molecular formula is C57H58N2. The lowest BCUT2D eigenvalue weighted by Crippen LogP contribution is -2.25. The Bertz CT molecular complexity index is 2580. The molecule has 3 aliphatic carbocycles. The molecule has 2 atom stereocenters. The van der Waals surface area contributed by atoms with Gasteiger partial charge in [0.25, 0.3) is 0 Å². The van der Waals surface area contributed by atoms with E-state index in [1.54, 1.807) is 12.4 Å². The minimum Gasteiger partial charge on any atom is -0.258 e. The number of nitrogens with zero attached hydrogens (tertiary/aromatic N) is 2. The molecule has 1 heterocycles. The lowest BCUT2D eigenvalue weighted by Gasteiger charge is -2.42. The average molecular weight is 771 g/mol. The molecule has 0 N–H and O–H groups in total. The van der Waals surface area contributed by atoms with E-state index in [1.807, 2.05) is 19.9 Å². The molecule has 10 rings (SSSR count). The third kappa shape index (κ3) is 9.19. The second kappa shape index (κ2) is 19.4. The molecule has 0 saturated carbocycles. The Morgan fingerprint density at radius 1 is 0.458 bits per heavy atom. The van der Waals surface area contributed by atoms with E-state index in [4.69, 9.17) is 0 Å².